The van der Waals surface area contributed by atoms with E-state index in [-0.39, 0.29) is 16.9 Å². The summed E-state index contributed by atoms with van der Waals surface area (Å²) in [6.45, 7) is 17.1. The molecule has 7 nitrogen and oxygen atoms in total. The summed E-state index contributed by atoms with van der Waals surface area (Å²) >= 11 is 0. The maximum Gasteiger partial charge on any atom is 0.248 e. The van der Waals surface area contributed by atoms with Crippen molar-refractivity contribution in [3.8, 4) is 0 Å². The molecule has 8 heteroatoms. The lowest BCUT2D eigenvalue weighted by molar-refractivity contribution is 0.0487. The molecule has 286 valence electrons. The standard InChI is InChI=1S/C26H27O3P.C21H24O4/c1-16-12-18(3)23(19(4)13-16)25(27)30(29,22-10-8-7-9-11-22)26(28)24-20(5)14-17(2)15-21(24)6;1-20(2,24)18(22)16-9-5-14(6-10-16)13-15-7-11-17(12-8-15)19(23)21(3,4)25/h7-15H,1-6H3;5-12,24-25H,13H2,1-4H3. The summed E-state index contributed by atoms with van der Waals surface area (Å²) < 4.78 is 14.5. The Morgan fingerprint density at radius 3 is 1.11 bits per heavy atom. The van der Waals surface area contributed by atoms with Crippen molar-refractivity contribution in [2.45, 2.75) is 86.9 Å². The van der Waals surface area contributed by atoms with Gasteiger partial charge in [-0.1, -0.05) is 114 Å². The fourth-order valence-corrected chi connectivity index (χ4v) is 9.39. The van der Waals surface area contributed by atoms with Gasteiger partial charge < -0.3 is 14.8 Å². The number of Topliss-reactive ketones (excluding diaryl/α,β-unsaturated/α-hetero) is 2. The van der Waals surface area contributed by atoms with Crippen LogP contribution in [0.2, 0.25) is 0 Å². The highest BCUT2D eigenvalue weighted by molar-refractivity contribution is 8.01. The molecule has 0 aliphatic rings. The van der Waals surface area contributed by atoms with Gasteiger partial charge in [-0.15, -0.1) is 0 Å². The van der Waals surface area contributed by atoms with Crippen LogP contribution in [0, 0.1) is 41.5 Å². The zero-order chi connectivity index (χ0) is 41.0. The molecule has 0 aliphatic heterocycles. The largest absolute Gasteiger partial charge is 0.382 e. The predicted molar refractivity (Wildman–Crippen MR) is 221 cm³/mol. The quantitative estimate of drug-likeness (QED) is 0.102. The molecule has 0 saturated heterocycles. The van der Waals surface area contributed by atoms with Gasteiger partial charge in [0.05, 0.1) is 0 Å². The van der Waals surface area contributed by atoms with Crippen molar-refractivity contribution in [1.29, 1.82) is 0 Å². The van der Waals surface area contributed by atoms with Crippen LogP contribution in [0.5, 0.6) is 0 Å². The van der Waals surface area contributed by atoms with Crippen molar-refractivity contribution in [2.75, 3.05) is 0 Å². The fraction of sp³-hybridized carbons (Fsp3) is 0.277. The van der Waals surface area contributed by atoms with Gasteiger partial charge in [0.2, 0.25) is 18.2 Å². The van der Waals surface area contributed by atoms with Gasteiger partial charge in [0, 0.05) is 27.6 Å². The van der Waals surface area contributed by atoms with E-state index in [2.05, 4.69) is 0 Å². The molecule has 5 rings (SSSR count). The molecular formula is C47H51O7P. The number of ketones is 2. The Kier molecular flexibility index (Phi) is 13.0. The van der Waals surface area contributed by atoms with Crippen LogP contribution in [0.4, 0.5) is 0 Å². The van der Waals surface area contributed by atoms with Gasteiger partial charge >= 0.3 is 0 Å². The van der Waals surface area contributed by atoms with Crippen LogP contribution in [0.25, 0.3) is 0 Å². The summed E-state index contributed by atoms with van der Waals surface area (Å²) in [5.41, 5.74) is 4.78. The summed E-state index contributed by atoms with van der Waals surface area (Å²) in [5.74, 6) is -0.623. The Morgan fingerprint density at radius 2 is 0.818 bits per heavy atom. The van der Waals surface area contributed by atoms with Crippen molar-refractivity contribution >= 4 is 35.1 Å². The van der Waals surface area contributed by atoms with Crippen LogP contribution < -0.4 is 5.30 Å². The lowest BCUT2D eigenvalue weighted by Gasteiger charge is -2.21. The maximum absolute atomic E-state index is 14.5. The van der Waals surface area contributed by atoms with E-state index >= 15 is 0 Å². The summed E-state index contributed by atoms with van der Waals surface area (Å²) in [7, 11) is -4.11. The molecule has 0 aromatic heterocycles. The third-order valence-electron chi connectivity index (χ3n) is 9.43. The molecule has 0 atom stereocenters. The Labute approximate surface area is 324 Å². The molecule has 0 heterocycles. The van der Waals surface area contributed by atoms with E-state index in [0.717, 1.165) is 44.5 Å². The van der Waals surface area contributed by atoms with Crippen LogP contribution in [-0.4, -0.2) is 44.0 Å². The van der Waals surface area contributed by atoms with Gasteiger partial charge in [-0.05, 0) is 109 Å². The SMILES string of the molecule is CC(C)(O)C(=O)c1ccc(Cc2ccc(C(=O)C(C)(C)O)cc2)cc1.Cc1cc(C)c(C(=O)P(=O)(C(=O)c2c(C)cc(C)cc2C)c2ccccc2)c(C)c1. The lowest BCUT2D eigenvalue weighted by Crippen LogP contribution is -2.31. The molecule has 0 saturated carbocycles. The van der Waals surface area contributed by atoms with E-state index in [1.165, 1.54) is 27.7 Å². The summed E-state index contributed by atoms with van der Waals surface area (Å²) in [4.78, 5) is 51.7. The first kappa shape index (κ1) is 42.7. The summed E-state index contributed by atoms with van der Waals surface area (Å²) in [6.07, 6.45) is 0.661. The zero-order valence-electron chi connectivity index (χ0n) is 33.4. The highest BCUT2D eigenvalue weighted by atomic mass is 31.2. The monoisotopic (exact) mass is 758 g/mol. The van der Waals surface area contributed by atoms with Gasteiger partial charge in [0.15, 0.2) is 11.6 Å². The van der Waals surface area contributed by atoms with Crippen LogP contribution in [0.1, 0.15) is 114 Å². The van der Waals surface area contributed by atoms with Crippen LogP contribution in [0.15, 0.2) is 103 Å². The van der Waals surface area contributed by atoms with Crippen LogP contribution in [0.3, 0.4) is 0 Å². The van der Waals surface area contributed by atoms with Crippen molar-refractivity contribution in [1.82, 2.24) is 0 Å². The molecule has 5 aromatic carbocycles. The first-order valence-corrected chi connectivity index (χ1v) is 19.9. The third-order valence-corrected chi connectivity index (χ3v) is 12.0. The topological polar surface area (TPSA) is 126 Å². The second kappa shape index (κ2) is 16.7. The second-order valence-electron chi connectivity index (χ2n) is 15.4. The Hall–Kier alpha value is -5.07. The van der Waals surface area contributed by atoms with Gasteiger partial charge in [-0.25, -0.2) is 0 Å². The molecule has 0 fully saturated rings. The van der Waals surface area contributed by atoms with Crippen molar-refractivity contribution in [2.24, 2.45) is 0 Å². The van der Waals surface area contributed by atoms with E-state index in [4.69, 9.17) is 0 Å². The molecule has 2 N–H and O–H groups in total. The minimum atomic E-state index is -4.11. The zero-order valence-corrected chi connectivity index (χ0v) is 34.3. The van der Waals surface area contributed by atoms with Crippen LogP contribution in [-0.2, 0) is 11.0 Å². The molecule has 0 radical (unpaired) electrons. The molecule has 0 bridgehead atoms. The molecule has 0 aliphatic carbocycles. The number of aryl methyl sites for hydroxylation is 6. The lowest BCUT2D eigenvalue weighted by atomic mass is 9.94. The van der Waals surface area contributed by atoms with Gasteiger partial charge in [0.25, 0.3) is 0 Å². The third kappa shape index (κ3) is 9.79. The Bertz CT molecular complexity index is 2100. The molecular weight excluding hydrogens is 707 g/mol. The molecule has 5 aromatic rings. The van der Waals surface area contributed by atoms with Crippen molar-refractivity contribution < 1.29 is 34.0 Å². The summed E-state index contributed by atoms with van der Waals surface area (Å²) in [6, 6.07) is 30.3. The first-order chi connectivity index (χ1) is 25.5. The van der Waals surface area contributed by atoms with Gasteiger partial charge in [-0.3, -0.25) is 19.2 Å². The van der Waals surface area contributed by atoms with Crippen molar-refractivity contribution in [3.05, 3.63) is 170 Å². The minimum Gasteiger partial charge on any atom is -0.382 e. The number of aliphatic hydroxyl groups is 2. The molecule has 0 unspecified atom stereocenters. The summed E-state index contributed by atoms with van der Waals surface area (Å²) in [5, 5.41) is 19.8. The predicted octanol–water partition coefficient (Wildman–Crippen LogP) is 9.39. The van der Waals surface area contributed by atoms with E-state index in [9.17, 15) is 34.0 Å². The van der Waals surface area contributed by atoms with Gasteiger partial charge in [-0.2, -0.15) is 0 Å². The number of carbonyl (C=O) groups excluding carboxylic acids is 4. The van der Waals surface area contributed by atoms with Crippen LogP contribution >= 0.6 is 7.14 Å². The number of carbonyl (C=O) groups is 4. The normalized spacial score (nSPS) is 11.7. The highest BCUT2D eigenvalue weighted by Gasteiger charge is 2.44. The fourth-order valence-electron chi connectivity index (χ4n) is 6.80. The smallest absolute Gasteiger partial charge is 0.248 e. The van der Waals surface area contributed by atoms with Crippen molar-refractivity contribution in [3.63, 3.8) is 0 Å². The average Bonchev–Trinajstić information content (AvgIpc) is 3.10. The first-order valence-electron chi connectivity index (χ1n) is 18.2. The van der Waals surface area contributed by atoms with E-state index < -0.39 is 29.4 Å². The molecule has 0 spiro atoms. The highest BCUT2D eigenvalue weighted by Crippen LogP contribution is 2.52. The number of hydrogen-bond donors (Lipinski definition) is 2. The molecule has 0 amide bonds. The minimum absolute atomic E-state index is 0.277. The maximum atomic E-state index is 14.5. The van der Waals surface area contributed by atoms with E-state index in [1.807, 2.05) is 90.1 Å². The molecule has 55 heavy (non-hydrogen) atoms. The number of benzene rings is 5. The Morgan fingerprint density at radius 1 is 0.509 bits per heavy atom. The average molecular weight is 759 g/mol. The second-order valence-corrected chi connectivity index (χ2v) is 18.0. The number of rotatable bonds is 11. The van der Waals surface area contributed by atoms with E-state index in [1.54, 1.807) is 54.6 Å². The Balaban J connectivity index is 0.000000249. The van der Waals surface area contributed by atoms with Gasteiger partial charge in [0.1, 0.15) is 11.2 Å². The number of hydrogen-bond acceptors (Lipinski definition) is 7. The van der Waals surface area contributed by atoms with E-state index in [0.29, 0.717) is 28.7 Å².